The minimum absolute atomic E-state index is 0.0293. The molecule has 0 aliphatic carbocycles. The van der Waals surface area contributed by atoms with Gasteiger partial charge in [0, 0.05) is 0 Å². The van der Waals surface area contributed by atoms with E-state index in [1.54, 1.807) is 0 Å². The first-order valence-corrected chi connectivity index (χ1v) is 12.5. The molecule has 0 aromatic carbocycles. The van der Waals surface area contributed by atoms with Crippen molar-refractivity contribution in [1.82, 2.24) is 0 Å². The molecule has 0 spiro atoms. The average molecular weight is 369 g/mol. The number of aliphatic hydroxyl groups excluding tert-OH is 1. The first-order chi connectivity index (χ1) is 12.8. The lowest BCUT2D eigenvalue weighted by Gasteiger charge is -2.10. The van der Waals surface area contributed by atoms with Crippen LogP contribution in [0.5, 0.6) is 0 Å². The number of hydrogen-bond acceptors (Lipinski definition) is 1. The molecule has 0 saturated carbocycles. The van der Waals surface area contributed by atoms with Crippen molar-refractivity contribution in [1.29, 1.82) is 0 Å². The Morgan fingerprint density at radius 1 is 0.385 bits per heavy atom. The van der Waals surface area contributed by atoms with Crippen LogP contribution in [-0.2, 0) is 0 Å². The maximum atomic E-state index is 10.1. The summed E-state index contributed by atoms with van der Waals surface area (Å²) in [5.74, 6) is 0. The van der Waals surface area contributed by atoms with Gasteiger partial charge in [-0.05, 0) is 12.8 Å². The topological polar surface area (TPSA) is 20.2 Å². The lowest BCUT2D eigenvalue weighted by atomic mass is 10.0. The van der Waals surface area contributed by atoms with E-state index in [1.165, 1.54) is 128 Å². The van der Waals surface area contributed by atoms with Gasteiger partial charge in [-0.3, -0.25) is 0 Å². The van der Waals surface area contributed by atoms with E-state index < -0.39 is 0 Å². The van der Waals surface area contributed by atoms with Crippen LogP contribution in [0.4, 0.5) is 0 Å². The van der Waals surface area contributed by atoms with Crippen molar-refractivity contribution in [3.63, 3.8) is 0 Å². The molecule has 1 heteroatoms. The van der Waals surface area contributed by atoms with E-state index in [-0.39, 0.29) is 6.10 Å². The summed E-state index contributed by atoms with van der Waals surface area (Å²) in [7, 11) is 0. The highest BCUT2D eigenvalue weighted by Crippen LogP contribution is 2.15. The van der Waals surface area contributed by atoms with Gasteiger partial charge in [0.25, 0.3) is 0 Å². The Balaban J connectivity index is 3.10. The molecule has 1 unspecified atom stereocenters. The Morgan fingerprint density at radius 3 is 0.885 bits per heavy atom. The highest BCUT2D eigenvalue weighted by molar-refractivity contribution is 4.57. The Hall–Kier alpha value is -0.0400. The molecule has 0 amide bonds. The Labute approximate surface area is 166 Å². The lowest BCUT2D eigenvalue weighted by molar-refractivity contribution is 0.147. The van der Waals surface area contributed by atoms with E-state index >= 15 is 0 Å². The van der Waals surface area contributed by atoms with Crippen molar-refractivity contribution < 1.29 is 5.11 Å². The zero-order chi connectivity index (χ0) is 19.1. The minimum atomic E-state index is -0.0293. The first kappa shape index (κ1) is 26.0. The highest BCUT2D eigenvalue weighted by Gasteiger charge is 2.03. The number of aliphatic hydroxyl groups is 1. The molecule has 0 heterocycles. The molecule has 0 aromatic heterocycles. The van der Waals surface area contributed by atoms with Gasteiger partial charge in [-0.25, -0.2) is 0 Å². The maximum absolute atomic E-state index is 10.1. The van der Waals surface area contributed by atoms with E-state index in [2.05, 4.69) is 13.8 Å². The summed E-state index contributed by atoms with van der Waals surface area (Å²) in [5, 5.41) is 10.1. The predicted octanol–water partition coefficient (Wildman–Crippen LogP) is 8.97. The monoisotopic (exact) mass is 368 g/mol. The van der Waals surface area contributed by atoms with Gasteiger partial charge in [0.1, 0.15) is 0 Å². The Bertz CT molecular complexity index is 238. The summed E-state index contributed by atoms with van der Waals surface area (Å²) in [4.78, 5) is 0. The smallest absolute Gasteiger partial charge is 0.0540 e. The molecule has 26 heavy (non-hydrogen) atoms. The SMILES string of the molecule is CCCCCCCCCCCCCCCC(O)CCCCCCCCC. The summed E-state index contributed by atoms with van der Waals surface area (Å²) >= 11 is 0. The van der Waals surface area contributed by atoms with E-state index in [1.807, 2.05) is 0 Å². The Morgan fingerprint density at radius 2 is 0.615 bits per heavy atom. The van der Waals surface area contributed by atoms with Gasteiger partial charge in [-0.2, -0.15) is 0 Å². The number of unbranched alkanes of at least 4 members (excludes halogenated alkanes) is 18. The molecule has 0 saturated heterocycles. The summed E-state index contributed by atoms with van der Waals surface area (Å²) in [5.41, 5.74) is 0. The number of rotatable bonds is 22. The van der Waals surface area contributed by atoms with Crippen molar-refractivity contribution in [2.24, 2.45) is 0 Å². The first-order valence-electron chi connectivity index (χ1n) is 12.5. The van der Waals surface area contributed by atoms with Crippen molar-refractivity contribution >= 4 is 0 Å². The van der Waals surface area contributed by atoms with Gasteiger partial charge in [-0.15, -0.1) is 0 Å². The molecule has 0 fully saturated rings. The molecule has 158 valence electrons. The third kappa shape index (κ3) is 22.0. The van der Waals surface area contributed by atoms with Crippen molar-refractivity contribution in [2.75, 3.05) is 0 Å². The summed E-state index contributed by atoms with van der Waals surface area (Å²) in [6.45, 7) is 4.56. The maximum Gasteiger partial charge on any atom is 0.0540 e. The summed E-state index contributed by atoms with van der Waals surface area (Å²) in [6, 6.07) is 0. The van der Waals surface area contributed by atoms with Gasteiger partial charge in [0.05, 0.1) is 6.10 Å². The van der Waals surface area contributed by atoms with Gasteiger partial charge in [-0.1, -0.05) is 142 Å². The van der Waals surface area contributed by atoms with E-state index in [4.69, 9.17) is 0 Å². The van der Waals surface area contributed by atoms with Crippen LogP contribution < -0.4 is 0 Å². The van der Waals surface area contributed by atoms with E-state index in [9.17, 15) is 5.11 Å². The minimum Gasteiger partial charge on any atom is -0.393 e. The largest absolute Gasteiger partial charge is 0.393 e. The van der Waals surface area contributed by atoms with Crippen molar-refractivity contribution in [3.05, 3.63) is 0 Å². The molecule has 0 aromatic rings. The zero-order valence-electron chi connectivity index (χ0n) is 18.6. The second kappa shape index (κ2) is 23.0. The molecule has 1 atom stereocenters. The van der Waals surface area contributed by atoms with Gasteiger partial charge >= 0.3 is 0 Å². The number of hydrogen-bond donors (Lipinski definition) is 1. The van der Waals surface area contributed by atoms with Crippen LogP contribution in [0, 0.1) is 0 Å². The molecule has 1 N–H and O–H groups in total. The van der Waals surface area contributed by atoms with E-state index in [0.717, 1.165) is 12.8 Å². The molecular formula is C25H52O. The standard InChI is InChI=1S/C25H52O/c1-3-5-7-9-11-12-13-14-15-16-18-20-22-24-25(26)23-21-19-17-10-8-6-4-2/h25-26H,3-24H2,1-2H3. The van der Waals surface area contributed by atoms with Crippen LogP contribution in [0.25, 0.3) is 0 Å². The summed E-state index contributed by atoms with van der Waals surface area (Å²) in [6.07, 6.45) is 29.7. The van der Waals surface area contributed by atoms with Crippen molar-refractivity contribution in [3.8, 4) is 0 Å². The molecule has 0 aliphatic heterocycles. The van der Waals surface area contributed by atoms with Gasteiger partial charge < -0.3 is 5.11 Å². The molecule has 1 nitrogen and oxygen atoms in total. The van der Waals surface area contributed by atoms with Crippen LogP contribution in [0.2, 0.25) is 0 Å². The van der Waals surface area contributed by atoms with Crippen LogP contribution in [0.3, 0.4) is 0 Å². The molecule has 0 aliphatic rings. The quantitative estimate of drug-likeness (QED) is 0.189. The average Bonchev–Trinajstić information content (AvgIpc) is 2.64. The van der Waals surface area contributed by atoms with Crippen LogP contribution >= 0.6 is 0 Å². The summed E-state index contributed by atoms with van der Waals surface area (Å²) < 4.78 is 0. The third-order valence-electron chi connectivity index (χ3n) is 5.78. The second-order valence-corrected chi connectivity index (χ2v) is 8.60. The van der Waals surface area contributed by atoms with Gasteiger partial charge in [0.15, 0.2) is 0 Å². The highest BCUT2D eigenvalue weighted by atomic mass is 16.3. The van der Waals surface area contributed by atoms with Crippen LogP contribution in [0.15, 0.2) is 0 Å². The van der Waals surface area contributed by atoms with Crippen molar-refractivity contribution in [2.45, 2.75) is 161 Å². The Kier molecular flexibility index (Phi) is 23.0. The zero-order valence-corrected chi connectivity index (χ0v) is 18.6. The van der Waals surface area contributed by atoms with Gasteiger partial charge in [0.2, 0.25) is 0 Å². The van der Waals surface area contributed by atoms with E-state index in [0.29, 0.717) is 0 Å². The predicted molar refractivity (Wildman–Crippen MR) is 119 cm³/mol. The third-order valence-corrected chi connectivity index (χ3v) is 5.78. The molecular weight excluding hydrogens is 316 g/mol. The second-order valence-electron chi connectivity index (χ2n) is 8.60. The van der Waals surface area contributed by atoms with Crippen LogP contribution in [-0.4, -0.2) is 11.2 Å². The molecule has 0 radical (unpaired) electrons. The molecule has 0 rings (SSSR count). The van der Waals surface area contributed by atoms with Crippen LogP contribution in [0.1, 0.15) is 155 Å². The fourth-order valence-electron chi connectivity index (χ4n) is 3.88. The molecule has 0 bridgehead atoms. The lowest BCUT2D eigenvalue weighted by Crippen LogP contribution is -2.05. The fraction of sp³-hybridized carbons (Fsp3) is 1.00. The normalized spacial score (nSPS) is 12.6. The fourth-order valence-corrected chi connectivity index (χ4v) is 3.88.